The zero-order valence-electron chi connectivity index (χ0n) is 14.0. The molecule has 0 atom stereocenters. The maximum absolute atomic E-state index is 12.3. The van der Waals surface area contributed by atoms with Gasteiger partial charge in [-0.25, -0.2) is 0 Å². The number of hydrogen-bond donors (Lipinski definition) is 1. The molecule has 0 spiro atoms. The minimum Gasteiger partial charge on any atom is -0.355 e. The zero-order valence-corrected chi connectivity index (χ0v) is 15.5. The van der Waals surface area contributed by atoms with Gasteiger partial charge in [0, 0.05) is 37.6 Å². The first kappa shape index (κ1) is 19.1. The number of halogens is 1. The zero-order chi connectivity index (χ0) is 17.4. The minimum absolute atomic E-state index is 0.0610. The SMILES string of the molecule is CCCNC(=O)CN1CCN(C(=O)CSc2ccccc2Cl)CC1. The van der Waals surface area contributed by atoms with Gasteiger partial charge in [-0.3, -0.25) is 14.5 Å². The largest absolute Gasteiger partial charge is 0.355 e. The number of carbonyl (C=O) groups excluding carboxylic acids is 2. The van der Waals surface area contributed by atoms with Gasteiger partial charge in [0.1, 0.15) is 0 Å². The van der Waals surface area contributed by atoms with Crippen LogP contribution in [-0.2, 0) is 9.59 Å². The average Bonchev–Trinajstić information content (AvgIpc) is 2.59. The molecule has 1 N–H and O–H groups in total. The standard InChI is InChI=1S/C17H24ClN3O2S/c1-2-7-19-16(22)12-20-8-10-21(11-9-20)17(23)13-24-15-6-4-3-5-14(15)18/h3-6H,2,7-13H2,1H3,(H,19,22). The van der Waals surface area contributed by atoms with Crippen LogP contribution >= 0.6 is 23.4 Å². The van der Waals surface area contributed by atoms with E-state index in [9.17, 15) is 9.59 Å². The molecule has 1 aliphatic heterocycles. The third-order valence-electron chi connectivity index (χ3n) is 3.85. The Labute approximate surface area is 152 Å². The molecule has 1 heterocycles. The summed E-state index contributed by atoms with van der Waals surface area (Å²) in [5.74, 6) is 0.571. The molecule has 0 saturated carbocycles. The third kappa shape index (κ3) is 6.00. The van der Waals surface area contributed by atoms with Gasteiger partial charge < -0.3 is 10.2 Å². The highest BCUT2D eigenvalue weighted by molar-refractivity contribution is 8.00. The van der Waals surface area contributed by atoms with Crippen LogP contribution in [-0.4, -0.2) is 66.6 Å². The molecule has 0 radical (unpaired) electrons. The quantitative estimate of drug-likeness (QED) is 0.748. The molecule has 24 heavy (non-hydrogen) atoms. The van der Waals surface area contributed by atoms with Crippen LogP contribution in [0.25, 0.3) is 0 Å². The van der Waals surface area contributed by atoms with Crippen LogP contribution in [0.4, 0.5) is 0 Å². The molecule has 1 aromatic carbocycles. The summed E-state index contributed by atoms with van der Waals surface area (Å²) in [6, 6.07) is 7.55. The van der Waals surface area contributed by atoms with Crippen LogP contribution in [0.5, 0.6) is 0 Å². The van der Waals surface area contributed by atoms with E-state index in [1.807, 2.05) is 36.1 Å². The van der Waals surface area contributed by atoms with Gasteiger partial charge in [-0.05, 0) is 18.6 Å². The van der Waals surface area contributed by atoms with Crippen molar-refractivity contribution in [1.29, 1.82) is 0 Å². The molecule has 7 heteroatoms. The lowest BCUT2D eigenvalue weighted by atomic mass is 10.3. The minimum atomic E-state index is 0.0610. The monoisotopic (exact) mass is 369 g/mol. The van der Waals surface area contributed by atoms with E-state index in [0.29, 0.717) is 30.4 Å². The normalized spacial score (nSPS) is 15.3. The van der Waals surface area contributed by atoms with Crippen LogP contribution < -0.4 is 5.32 Å². The number of rotatable bonds is 7. The fourth-order valence-electron chi connectivity index (χ4n) is 2.47. The summed E-state index contributed by atoms with van der Waals surface area (Å²) >= 11 is 7.58. The number of benzene rings is 1. The topological polar surface area (TPSA) is 52.7 Å². The van der Waals surface area contributed by atoms with Crippen molar-refractivity contribution in [3.8, 4) is 0 Å². The van der Waals surface area contributed by atoms with Gasteiger partial charge in [-0.2, -0.15) is 0 Å². The Morgan fingerprint density at radius 2 is 1.92 bits per heavy atom. The Balaban J connectivity index is 1.71. The van der Waals surface area contributed by atoms with Gasteiger partial charge in [0.25, 0.3) is 0 Å². The van der Waals surface area contributed by atoms with E-state index in [2.05, 4.69) is 10.2 Å². The van der Waals surface area contributed by atoms with Crippen molar-refractivity contribution in [2.24, 2.45) is 0 Å². The first-order chi connectivity index (χ1) is 11.6. The lowest BCUT2D eigenvalue weighted by Gasteiger charge is -2.34. The van der Waals surface area contributed by atoms with Crippen LogP contribution in [0.15, 0.2) is 29.2 Å². The Morgan fingerprint density at radius 3 is 2.58 bits per heavy atom. The summed E-state index contributed by atoms with van der Waals surface area (Å²) in [6.45, 7) is 5.98. The molecule has 0 aromatic heterocycles. The van der Waals surface area contributed by atoms with Crippen LogP contribution in [0, 0.1) is 0 Å². The van der Waals surface area contributed by atoms with E-state index in [4.69, 9.17) is 11.6 Å². The maximum Gasteiger partial charge on any atom is 0.234 e. The molecule has 1 saturated heterocycles. The Hall–Kier alpha value is -1.24. The Bertz CT molecular complexity index is 563. The molecule has 2 rings (SSSR count). The molecular formula is C17H24ClN3O2S. The predicted molar refractivity (Wildman–Crippen MR) is 98.5 cm³/mol. The van der Waals surface area contributed by atoms with Crippen molar-refractivity contribution in [3.63, 3.8) is 0 Å². The molecule has 0 unspecified atom stereocenters. The predicted octanol–water partition coefficient (Wildman–Crippen LogP) is 2.10. The van der Waals surface area contributed by atoms with E-state index in [1.165, 1.54) is 11.8 Å². The van der Waals surface area contributed by atoms with Crippen LogP contribution in [0.2, 0.25) is 5.02 Å². The number of nitrogens with one attached hydrogen (secondary N) is 1. The lowest BCUT2D eigenvalue weighted by molar-refractivity contribution is -0.130. The van der Waals surface area contributed by atoms with Crippen molar-refractivity contribution in [2.75, 3.05) is 45.0 Å². The molecule has 0 aliphatic carbocycles. The number of hydrogen-bond acceptors (Lipinski definition) is 4. The molecule has 1 aliphatic rings. The maximum atomic E-state index is 12.3. The fourth-order valence-corrected chi connectivity index (χ4v) is 3.61. The van der Waals surface area contributed by atoms with Crippen molar-refractivity contribution >= 4 is 35.2 Å². The Kier molecular flexibility index (Phi) is 7.88. The molecule has 2 amide bonds. The van der Waals surface area contributed by atoms with Gasteiger partial charge >= 0.3 is 0 Å². The molecule has 1 aromatic rings. The number of carbonyl (C=O) groups is 2. The highest BCUT2D eigenvalue weighted by Crippen LogP contribution is 2.26. The second-order valence-electron chi connectivity index (χ2n) is 5.73. The first-order valence-electron chi connectivity index (χ1n) is 8.24. The molecule has 5 nitrogen and oxygen atoms in total. The molecule has 0 bridgehead atoms. The number of piperazine rings is 1. The van der Waals surface area contributed by atoms with Crippen molar-refractivity contribution in [1.82, 2.24) is 15.1 Å². The second kappa shape index (κ2) is 9.91. The van der Waals surface area contributed by atoms with E-state index in [-0.39, 0.29) is 11.8 Å². The average molecular weight is 370 g/mol. The van der Waals surface area contributed by atoms with Gasteiger partial charge in [-0.1, -0.05) is 30.7 Å². The van der Waals surface area contributed by atoms with E-state index in [1.54, 1.807) is 0 Å². The summed E-state index contributed by atoms with van der Waals surface area (Å²) in [7, 11) is 0. The van der Waals surface area contributed by atoms with Crippen LogP contribution in [0.3, 0.4) is 0 Å². The summed E-state index contributed by atoms with van der Waals surface area (Å²) in [5.41, 5.74) is 0. The van der Waals surface area contributed by atoms with Gasteiger partial charge in [0.2, 0.25) is 11.8 Å². The number of amides is 2. The molecule has 1 fully saturated rings. The van der Waals surface area contributed by atoms with Crippen LogP contribution in [0.1, 0.15) is 13.3 Å². The highest BCUT2D eigenvalue weighted by Gasteiger charge is 2.22. The van der Waals surface area contributed by atoms with Crippen molar-refractivity contribution in [2.45, 2.75) is 18.2 Å². The second-order valence-corrected chi connectivity index (χ2v) is 7.15. The van der Waals surface area contributed by atoms with E-state index in [0.717, 1.165) is 31.0 Å². The summed E-state index contributed by atoms with van der Waals surface area (Å²) < 4.78 is 0. The number of thioether (sulfide) groups is 1. The molecular weight excluding hydrogens is 346 g/mol. The lowest BCUT2D eigenvalue weighted by Crippen LogP contribution is -2.51. The summed E-state index contributed by atoms with van der Waals surface area (Å²) in [5, 5.41) is 3.56. The smallest absolute Gasteiger partial charge is 0.234 e. The van der Waals surface area contributed by atoms with E-state index >= 15 is 0 Å². The van der Waals surface area contributed by atoms with Crippen molar-refractivity contribution < 1.29 is 9.59 Å². The van der Waals surface area contributed by atoms with Crippen molar-refractivity contribution in [3.05, 3.63) is 29.3 Å². The third-order valence-corrected chi connectivity index (χ3v) is 5.35. The Morgan fingerprint density at radius 1 is 1.21 bits per heavy atom. The van der Waals surface area contributed by atoms with E-state index < -0.39 is 0 Å². The van der Waals surface area contributed by atoms with Gasteiger partial charge in [0.05, 0.1) is 17.3 Å². The fraction of sp³-hybridized carbons (Fsp3) is 0.529. The number of nitrogens with zero attached hydrogens (tertiary/aromatic N) is 2. The van der Waals surface area contributed by atoms with Gasteiger partial charge in [-0.15, -0.1) is 11.8 Å². The van der Waals surface area contributed by atoms with Gasteiger partial charge in [0.15, 0.2) is 0 Å². The first-order valence-corrected chi connectivity index (χ1v) is 9.60. The highest BCUT2D eigenvalue weighted by atomic mass is 35.5. The summed E-state index contributed by atoms with van der Waals surface area (Å²) in [6.07, 6.45) is 0.942. The summed E-state index contributed by atoms with van der Waals surface area (Å²) in [4.78, 5) is 28.9. The molecule has 132 valence electrons.